The number of nitro groups is 1. The van der Waals surface area contributed by atoms with E-state index < -0.39 is 22.8 Å². The molecule has 1 N–H and O–H groups in total. The third kappa shape index (κ3) is 3.10. The van der Waals surface area contributed by atoms with E-state index in [-0.39, 0.29) is 22.9 Å². The van der Waals surface area contributed by atoms with Crippen LogP contribution >= 0.6 is 11.6 Å². The molecule has 1 aliphatic heterocycles. The van der Waals surface area contributed by atoms with E-state index in [0.29, 0.717) is 19.3 Å². The Labute approximate surface area is 124 Å². The maximum atomic E-state index is 12.4. The van der Waals surface area contributed by atoms with Crippen molar-refractivity contribution in [3.63, 3.8) is 0 Å². The Balaban J connectivity index is 2.36. The van der Waals surface area contributed by atoms with Crippen LogP contribution in [0.15, 0.2) is 12.3 Å². The molecule has 0 radical (unpaired) electrons. The number of carboxylic acids is 1. The number of piperidine rings is 1. The van der Waals surface area contributed by atoms with Crippen LogP contribution in [0.3, 0.4) is 0 Å². The lowest BCUT2D eigenvalue weighted by Crippen LogP contribution is -2.48. The van der Waals surface area contributed by atoms with Crippen LogP contribution in [0.1, 0.15) is 29.6 Å². The van der Waals surface area contributed by atoms with E-state index in [9.17, 15) is 19.7 Å². The molecule has 0 bridgehead atoms. The number of aromatic nitrogens is 1. The van der Waals surface area contributed by atoms with Gasteiger partial charge in [0.1, 0.15) is 17.4 Å². The van der Waals surface area contributed by atoms with Crippen molar-refractivity contribution in [3.05, 3.63) is 33.1 Å². The summed E-state index contributed by atoms with van der Waals surface area (Å²) < 4.78 is 0. The molecule has 2 heterocycles. The first-order chi connectivity index (χ1) is 9.91. The van der Waals surface area contributed by atoms with Crippen molar-refractivity contribution in [2.45, 2.75) is 25.3 Å². The molecule has 0 aromatic carbocycles. The molecule has 1 amide bonds. The number of halogens is 1. The zero-order chi connectivity index (χ0) is 15.6. The molecule has 1 aromatic rings. The summed E-state index contributed by atoms with van der Waals surface area (Å²) in [6, 6.07) is 0.0760. The van der Waals surface area contributed by atoms with Gasteiger partial charge >= 0.3 is 5.97 Å². The van der Waals surface area contributed by atoms with Gasteiger partial charge < -0.3 is 10.0 Å². The molecule has 2 rings (SSSR count). The van der Waals surface area contributed by atoms with Gasteiger partial charge in [-0.1, -0.05) is 11.6 Å². The van der Waals surface area contributed by atoms with Gasteiger partial charge in [0.15, 0.2) is 0 Å². The van der Waals surface area contributed by atoms with Gasteiger partial charge in [-0.3, -0.25) is 14.9 Å². The van der Waals surface area contributed by atoms with Gasteiger partial charge in [0.05, 0.1) is 10.5 Å². The lowest BCUT2D eigenvalue weighted by Gasteiger charge is -2.33. The predicted octanol–water partition coefficient (Wildman–Crippen LogP) is 1.72. The molecule has 1 saturated heterocycles. The number of carboxylic acid groups (broad SMARTS) is 1. The minimum Gasteiger partial charge on any atom is -0.480 e. The molecule has 8 nitrogen and oxygen atoms in total. The molecule has 0 spiro atoms. The molecule has 112 valence electrons. The Bertz CT molecular complexity index is 607. The van der Waals surface area contributed by atoms with E-state index in [4.69, 9.17) is 16.7 Å². The van der Waals surface area contributed by atoms with Gasteiger partial charge in [-0.25, -0.2) is 9.78 Å². The van der Waals surface area contributed by atoms with Crippen molar-refractivity contribution in [2.75, 3.05) is 6.54 Å². The first kappa shape index (κ1) is 15.2. The second-order valence-electron chi connectivity index (χ2n) is 4.64. The van der Waals surface area contributed by atoms with E-state index >= 15 is 0 Å². The lowest BCUT2D eigenvalue weighted by atomic mass is 10.0. The van der Waals surface area contributed by atoms with Crippen molar-refractivity contribution in [2.24, 2.45) is 0 Å². The van der Waals surface area contributed by atoms with E-state index in [1.165, 1.54) is 4.90 Å². The third-order valence-electron chi connectivity index (χ3n) is 3.31. The first-order valence-electron chi connectivity index (χ1n) is 6.25. The van der Waals surface area contributed by atoms with E-state index in [0.717, 1.165) is 12.3 Å². The van der Waals surface area contributed by atoms with Crippen LogP contribution in [0, 0.1) is 10.1 Å². The van der Waals surface area contributed by atoms with Crippen LogP contribution in [0.2, 0.25) is 5.15 Å². The average Bonchev–Trinajstić information content (AvgIpc) is 2.46. The highest BCUT2D eigenvalue weighted by atomic mass is 35.5. The molecule has 1 fully saturated rings. The minimum atomic E-state index is -1.10. The van der Waals surface area contributed by atoms with Crippen LogP contribution in [-0.4, -0.2) is 44.4 Å². The summed E-state index contributed by atoms with van der Waals surface area (Å²) in [4.78, 5) is 38.5. The Morgan fingerprint density at radius 2 is 2.19 bits per heavy atom. The zero-order valence-electron chi connectivity index (χ0n) is 10.9. The number of likely N-dealkylation sites (tertiary alicyclic amines) is 1. The quantitative estimate of drug-likeness (QED) is 0.516. The molecule has 1 aromatic heterocycles. The van der Waals surface area contributed by atoms with Crippen molar-refractivity contribution < 1.29 is 19.6 Å². The molecule has 0 saturated carbocycles. The number of carbonyl (C=O) groups excluding carboxylic acids is 1. The van der Waals surface area contributed by atoms with Crippen LogP contribution in [0.4, 0.5) is 5.69 Å². The smallest absolute Gasteiger partial charge is 0.326 e. The van der Waals surface area contributed by atoms with Crippen molar-refractivity contribution >= 4 is 29.2 Å². The Hall–Kier alpha value is -2.22. The maximum Gasteiger partial charge on any atom is 0.326 e. The number of hydrogen-bond donors (Lipinski definition) is 1. The van der Waals surface area contributed by atoms with Gasteiger partial charge in [-0.05, 0) is 19.3 Å². The molecule has 1 unspecified atom stereocenters. The number of aliphatic carboxylic acids is 1. The summed E-state index contributed by atoms with van der Waals surface area (Å²) in [6.07, 6.45) is 2.68. The summed E-state index contributed by atoms with van der Waals surface area (Å²) in [5.74, 6) is -1.75. The van der Waals surface area contributed by atoms with Crippen LogP contribution in [-0.2, 0) is 4.79 Å². The summed E-state index contributed by atoms with van der Waals surface area (Å²) in [5.41, 5.74) is -0.523. The highest BCUT2D eigenvalue weighted by Crippen LogP contribution is 2.25. The fourth-order valence-corrected chi connectivity index (χ4v) is 2.46. The molecular formula is C12H12ClN3O5. The molecule has 1 atom stereocenters. The van der Waals surface area contributed by atoms with E-state index in [1.54, 1.807) is 0 Å². The van der Waals surface area contributed by atoms with Crippen molar-refractivity contribution in [1.82, 2.24) is 9.88 Å². The van der Waals surface area contributed by atoms with Crippen LogP contribution in [0.5, 0.6) is 0 Å². The van der Waals surface area contributed by atoms with Gasteiger partial charge in [-0.15, -0.1) is 0 Å². The SMILES string of the molecule is O=C(O)C1CCCCN1C(=O)c1cc([N+](=O)[O-])cnc1Cl. The summed E-state index contributed by atoms with van der Waals surface area (Å²) >= 11 is 5.81. The van der Waals surface area contributed by atoms with E-state index in [1.807, 2.05) is 0 Å². The highest BCUT2D eigenvalue weighted by Gasteiger charge is 2.34. The largest absolute Gasteiger partial charge is 0.480 e. The monoisotopic (exact) mass is 313 g/mol. The zero-order valence-corrected chi connectivity index (χ0v) is 11.6. The molecule has 21 heavy (non-hydrogen) atoms. The van der Waals surface area contributed by atoms with Gasteiger partial charge in [0.25, 0.3) is 11.6 Å². The minimum absolute atomic E-state index is 0.154. The van der Waals surface area contributed by atoms with Crippen molar-refractivity contribution in [3.8, 4) is 0 Å². The standard InChI is InChI=1S/C12H12ClN3O5/c13-10-8(5-7(6-14-10)16(20)21)11(17)15-4-2-1-3-9(15)12(18)19/h5-6,9H,1-4H2,(H,18,19). The number of rotatable bonds is 3. The summed E-state index contributed by atoms with van der Waals surface area (Å²) in [5, 5.41) is 19.7. The second kappa shape index (κ2) is 6.04. The first-order valence-corrected chi connectivity index (χ1v) is 6.63. The van der Waals surface area contributed by atoms with Crippen LogP contribution < -0.4 is 0 Å². The summed E-state index contributed by atoms with van der Waals surface area (Å²) in [7, 11) is 0. The van der Waals surface area contributed by atoms with Gasteiger partial charge in [-0.2, -0.15) is 0 Å². The van der Waals surface area contributed by atoms with Gasteiger partial charge in [0.2, 0.25) is 0 Å². The Kier molecular flexibility index (Phi) is 4.37. The number of amides is 1. The fraction of sp³-hybridized carbons (Fsp3) is 0.417. The predicted molar refractivity (Wildman–Crippen MR) is 72.2 cm³/mol. The van der Waals surface area contributed by atoms with Gasteiger partial charge in [0, 0.05) is 12.6 Å². The number of carbonyl (C=O) groups is 2. The third-order valence-corrected chi connectivity index (χ3v) is 3.62. The molecule has 1 aliphatic rings. The number of pyridine rings is 1. The molecule has 0 aliphatic carbocycles. The molecular weight excluding hydrogens is 302 g/mol. The topological polar surface area (TPSA) is 114 Å². The lowest BCUT2D eigenvalue weighted by molar-refractivity contribution is -0.385. The van der Waals surface area contributed by atoms with E-state index in [2.05, 4.69) is 4.98 Å². The number of hydrogen-bond acceptors (Lipinski definition) is 5. The molecule has 9 heteroatoms. The Morgan fingerprint density at radius 3 is 2.81 bits per heavy atom. The highest BCUT2D eigenvalue weighted by molar-refractivity contribution is 6.32. The fourth-order valence-electron chi connectivity index (χ4n) is 2.27. The normalized spacial score (nSPS) is 18.3. The summed E-state index contributed by atoms with van der Waals surface area (Å²) in [6.45, 7) is 0.273. The number of nitrogens with zero attached hydrogens (tertiary/aromatic N) is 3. The van der Waals surface area contributed by atoms with Crippen molar-refractivity contribution in [1.29, 1.82) is 0 Å². The Morgan fingerprint density at radius 1 is 1.48 bits per heavy atom. The second-order valence-corrected chi connectivity index (χ2v) is 5.00. The maximum absolute atomic E-state index is 12.4. The average molecular weight is 314 g/mol. The van der Waals surface area contributed by atoms with Crippen LogP contribution in [0.25, 0.3) is 0 Å².